The fourth-order valence-corrected chi connectivity index (χ4v) is 4.50. The summed E-state index contributed by atoms with van der Waals surface area (Å²) in [6, 6.07) is 7.66. The maximum Gasteiger partial charge on any atom is 0.272 e. The molecule has 2 aromatic heterocycles. The number of halogens is 1. The summed E-state index contributed by atoms with van der Waals surface area (Å²) in [4.78, 5) is 26.7. The zero-order chi connectivity index (χ0) is 24.9. The molecule has 2 aliphatic rings. The topological polar surface area (TPSA) is 106 Å². The van der Waals surface area contributed by atoms with Crippen molar-refractivity contribution in [2.75, 3.05) is 31.6 Å². The third-order valence-electron chi connectivity index (χ3n) is 6.59. The Kier molecular flexibility index (Phi) is 7.79. The molecule has 3 N–H and O–H groups in total. The summed E-state index contributed by atoms with van der Waals surface area (Å²) in [5.74, 6) is 1.74. The number of aryl methyl sites for hydroxylation is 1. The lowest BCUT2D eigenvalue weighted by Gasteiger charge is -2.23. The van der Waals surface area contributed by atoms with Crippen molar-refractivity contribution >= 4 is 23.5 Å². The molecule has 1 atom stereocenters. The number of imidazole rings is 1. The molecule has 1 aliphatic carbocycles. The minimum Gasteiger partial charge on any atom is -0.381 e. The molecular formula is C26H32ClN7O2. The molecule has 2 fully saturated rings. The van der Waals surface area contributed by atoms with Crippen LogP contribution in [-0.2, 0) is 4.74 Å². The highest BCUT2D eigenvalue weighted by atomic mass is 35.5. The van der Waals surface area contributed by atoms with Gasteiger partial charge in [0.1, 0.15) is 17.8 Å². The van der Waals surface area contributed by atoms with Crippen LogP contribution in [0, 0.1) is 12.8 Å². The average molecular weight is 510 g/mol. The molecule has 1 saturated heterocycles. The Morgan fingerprint density at radius 2 is 2.06 bits per heavy atom. The van der Waals surface area contributed by atoms with Crippen molar-refractivity contribution in [3.8, 4) is 5.82 Å². The van der Waals surface area contributed by atoms with Gasteiger partial charge in [-0.05, 0) is 62.8 Å². The van der Waals surface area contributed by atoms with Gasteiger partial charge in [-0.2, -0.15) is 4.98 Å². The van der Waals surface area contributed by atoms with Crippen LogP contribution >= 0.6 is 11.6 Å². The van der Waals surface area contributed by atoms with Gasteiger partial charge in [0.15, 0.2) is 0 Å². The number of ether oxygens (including phenoxy) is 1. The molecule has 3 aromatic rings. The number of anilines is 1. The van der Waals surface area contributed by atoms with Gasteiger partial charge in [-0.1, -0.05) is 23.7 Å². The van der Waals surface area contributed by atoms with Gasteiger partial charge < -0.3 is 20.7 Å². The Morgan fingerprint density at radius 1 is 1.22 bits per heavy atom. The van der Waals surface area contributed by atoms with E-state index in [9.17, 15) is 4.79 Å². The van der Waals surface area contributed by atoms with Gasteiger partial charge in [0.05, 0.1) is 6.04 Å². The lowest BCUT2D eigenvalue weighted by atomic mass is 10.1. The first-order valence-corrected chi connectivity index (χ1v) is 12.9. The van der Waals surface area contributed by atoms with E-state index in [0.717, 1.165) is 49.6 Å². The fraction of sp³-hybridized carbons (Fsp3) is 0.462. The van der Waals surface area contributed by atoms with E-state index >= 15 is 0 Å². The monoisotopic (exact) mass is 509 g/mol. The number of carbonyl (C=O) groups excluding carboxylic acids is 1. The number of aromatic nitrogens is 4. The Hall–Kier alpha value is -3.01. The Morgan fingerprint density at radius 3 is 2.83 bits per heavy atom. The van der Waals surface area contributed by atoms with Crippen LogP contribution in [0.4, 0.5) is 5.95 Å². The number of benzene rings is 1. The molecule has 1 aromatic carbocycles. The Labute approximate surface area is 216 Å². The summed E-state index contributed by atoms with van der Waals surface area (Å²) in [6.07, 6.45) is 9.49. The molecule has 3 heterocycles. The lowest BCUT2D eigenvalue weighted by Crippen LogP contribution is -2.36. The van der Waals surface area contributed by atoms with E-state index in [1.54, 1.807) is 23.3 Å². The number of nitrogens with one attached hydrogen (secondary N) is 3. The number of carbonyl (C=O) groups is 1. The molecule has 0 spiro atoms. The molecular weight excluding hydrogens is 478 g/mol. The number of nitrogens with zero attached hydrogens (tertiary/aromatic N) is 4. The fourth-order valence-electron chi connectivity index (χ4n) is 4.31. The molecule has 9 nitrogen and oxygen atoms in total. The summed E-state index contributed by atoms with van der Waals surface area (Å²) < 4.78 is 7.19. The van der Waals surface area contributed by atoms with Crippen LogP contribution in [0.3, 0.4) is 0 Å². The molecule has 1 unspecified atom stereocenters. The predicted molar refractivity (Wildman–Crippen MR) is 139 cm³/mol. The minimum absolute atomic E-state index is 0.226. The summed E-state index contributed by atoms with van der Waals surface area (Å²) in [6.45, 7) is 4.99. The van der Waals surface area contributed by atoms with E-state index in [4.69, 9.17) is 21.3 Å². The van der Waals surface area contributed by atoms with E-state index < -0.39 is 0 Å². The molecule has 1 aliphatic heterocycles. The number of hydrogen-bond acceptors (Lipinski definition) is 7. The summed E-state index contributed by atoms with van der Waals surface area (Å²) in [5, 5.41) is 10.6. The normalized spacial score (nSPS) is 17.1. The van der Waals surface area contributed by atoms with Gasteiger partial charge in [-0.15, -0.1) is 0 Å². The van der Waals surface area contributed by atoms with Gasteiger partial charge >= 0.3 is 0 Å². The second-order valence-corrected chi connectivity index (χ2v) is 10.0. The molecule has 1 saturated carbocycles. The van der Waals surface area contributed by atoms with Crippen molar-refractivity contribution in [3.05, 3.63) is 64.8 Å². The predicted octanol–water partition coefficient (Wildman–Crippen LogP) is 3.69. The number of amides is 1. The van der Waals surface area contributed by atoms with Crippen LogP contribution in [-0.4, -0.2) is 57.8 Å². The lowest BCUT2D eigenvalue weighted by molar-refractivity contribution is 0.0903. The van der Waals surface area contributed by atoms with Crippen molar-refractivity contribution in [2.45, 2.75) is 44.7 Å². The second kappa shape index (κ2) is 11.4. The van der Waals surface area contributed by atoms with E-state index in [-0.39, 0.29) is 18.0 Å². The first kappa shape index (κ1) is 24.7. The standard InChI is InChI=1S/C26H32ClN7O2/c1-17-12-29-26(31-21-7-9-36-10-8-21)33-24(17)34-15-23(30-16-34)25(35)32-22(14-28-13-18-5-6-18)19-3-2-4-20(27)11-19/h2-4,11-12,15-16,18,21-22,28H,5-10,13-14H2,1H3,(H,32,35)(H,29,31,33). The van der Waals surface area contributed by atoms with Crippen LogP contribution < -0.4 is 16.0 Å². The molecule has 10 heteroatoms. The van der Waals surface area contributed by atoms with Crippen LogP contribution in [0.1, 0.15) is 53.3 Å². The van der Waals surface area contributed by atoms with Crippen molar-refractivity contribution in [1.82, 2.24) is 30.2 Å². The van der Waals surface area contributed by atoms with Crippen LogP contribution in [0.5, 0.6) is 0 Å². The minimum atomic E-state index is -0.251. The third kappa shape index (κ3) is 6.40. The average Bonchev–Trinajstić information content (AvgIpc) is 3.58. The third-order valence-corrected chi connectivity index (χ3v) is 6.83. The summed E-state index contributed by atoms with van der Waals surface area (Å²) in [7, 11) is 0. The van der Waals surface area contributed by atoms with Crippen LogP contribution in [0.15, 0.2) is 43.0 Å². The van der Waals surface area contributed by atoms with Gasteiger partial charge in [0.2, 0.25) is 5.95 Å². The Bertz CT molecular complexity index is 1190. The molecule has 5 rings (SSSR count). The van der Waals surface area contributed by atoms with E-state index in [0.29, 0.717) is 29.0 Å². The molecule has 190 valence electrons. The summed E-state index contributed by atoms with van der Waals surface area (Å²) in [5.41, 5.74) is 2.16. The van der Waals surface area contributed by atoms with Crippen molar-refractivity contribution < 1.29 is 9.53 Å². The highest BCUT2D eigenvalue weighted by Crippen LogP contribution is 2.28. The van der Waals surface area contributed by atoms with Crippen LogP contribution in [0.2, 0.25) is 5.02 Å². The Balaban J connectivity index is 1.29. The zero-order valence-electron chi connectivity index (χ0n) is 20.4. The molecule has 1 amide bonds. The first-order chi connectivity index (χ1) is 17.5. The van der Waals surface area contributed by atoms with Crippen molar-refractivity contribution in [2.24, 2.45) is 5.92 Å². The first-order valence-electron chi connectivity index (χ1n) is 12.5. The maximum atomic E-state index is 13.2. The highest BCUT2D eigenvalue weighted by molar-refractivity contribution is 6.30. The number of rotatable bonds is 10. The largest absolute Gasteiger partial charge is 0.381 e. The van der Waals surface area contributed by atoms with Gasteiger partial charge in [0, 0.05) is 48.8 Å². The molecule has 36 heavy (non-hydrogen) atoms. The van der Waals surface area contributed by atoms with E-state index in [1.807, 2.05) is 31.2 Å². The molecule has 0 radical (unpaired) electrons. The summed E-state index contributed by atoms with van der Waals surface area (Å²) >= 11 is 6.22. The maximum absolute atomic E-state index is 13.2. The quantitative estimate of drug-likeness (QED) is 0.382. The van der Waals surface area contributed by atoms with Gasteiger partial charge in [0.25, 0.3) is 5.91 Å². The highest BCUT2D eigenvalue weighted by Gasteiger charge is 2.23. The van der Waals surface area contributed by atoms with Crippen molar-refractivity contribution in [1.29, 1.82) is 0 Å². The SMILES string of the molecule is Cc1cnc(NC2CCOCC2)nc1-n1cnc(C(=O)NC(CNCC2CC2)c2cccc(Cl)c2)c1. The van der Waals surface area contributed by atoms with E-state index in [2.05, 4.69) is 25.9 Å². The van der Waals surface area contributed by atoms with Gasteiger partial charge in [-0.3, -0.25) is 9.36 Å². The van der Waals surface area contributed by atoms with Crippen LogP contribution in [0.25, 0.3) is 5.82 Å². The zero-order valence-corrected chi connectivity index (χ0v) is 21.2. The second-order valence-electron chi connectivity index (χ2n) is 9.58. The van der Waals surface area contributed by atoms with E-state index in [1.165, 1.54) is 12.8 Å². The smallest absolute Gasteiger partial charge is 0.272 e. The molecule has 0 bridgehead atoms. The van der Waals surface area contributed by atoms with Gasteiger partial charge in [-0.25, -0.2) is 9.97 Å². The van der Waals surface area contributed by atoms with Crippen molar-refractivity contribution in [3.63, 3.8) is 0 Å². The number of hydrogen-bond donors (Lipinski definition) is 3.